The molecule has 8 heteroatoms. The van der Waals surface area contributed by atoms with Gasteiger partial charge in [-0.3, -0.25) is 9.52 Å². The molecule has 0 unspecified atom stereocenters. The van der Waals surface area contributed by atoms with Crippen LogP contribution in [-0.2, 0) is 14.8 Å². The first-order chi connectivity index (χ1) is 11.2. The maximum atomic E-state index is 12.5. The molecule has 0 aliphatic heterocycles. The molecule has 2 aromatic carbocycles. The Morgan fingerprint density at radius 2 is 1.58 bits per heavy atom. The Kier molecular flexibility index (Phi) is 4.89. The zero-order valence-corrected chi connectivity index (χ0v) is 13.8. The molecule has 0 aliphatic carbocycles. The van der Waals surface area contributed by atoms with Crippen LogP contribution in [0.25, 0.3) is 0 Å². The zero-order valence-electron chi connectivity index (χ0n) is 13.0. The molecule has 0 aliphatic rings. The number of nitrogens with one attached hydrogen (secondary N) is 2. The number of carbonyl (C=O) groups excluding carboxylic acids is 1. The van der Waals surface area contributed by atoms with Crippen molar-refractivity contribution >= 4 is 33.3 Å². The lowest BCUT2D eigenvalue weighted by atomic mass is 10.2. The molecule has 0 fully saturated rings. The van der Waals surface area contributed by atoms with Gasteiger partial charge in [-0.15, -0.1) is 0 Å². The second kappa shape index (κ2) is 6.71. The summed E-state index contributed by atoms with van der Waals surface area (Å²) in [4.78, 5) is 22.0. The number of rotatable bonds is 5. The van der Waals surface area contributed by atoms with E-state index in [1.165, 1.54) is 37.3 Å². The van der Waals surface area contributed by atoms with E-state index < -0.39 is 16.0 Å². The molecule has 0 saturated heterocycles. The molecule has 2 aromatic rings. The Balaban J connectivity index is 2.32. The van der Waals surface area contributed by atoms with Crippen molar-refractivity contribution < 1.29 is 23.1 Å². The van der Waals surface area contributed by atoms with E-state index in [0.29, 0.717) is 11.3 Å². The molecular weight excluding hydrogens is 332 g/mol. The Morgan fingerprint density at radius 1 is 1.00 bits per heavy atom. The van der Waals surface area contributed by atoms with Gasteiger partial charge in [0.25, 0.3) is 10.0 Å². The molecule has 3 N–H and O–H groups in total. The van der Waals surface area contributed by atoms with E-state index in [9.17, 15) is 18.0 Å². The van der Waals surface area contributed by atoms with Crippen molar-refractivity contribution in [2.75, 3.05) is 10.0 Å². The first-order valence-electron chi connectivity index (χ1n) is 6.93. The predicted octanol–water partition coefficient (Wildman–Crippen LogP) is 2.45. The molecule has 0 heterocycles. The van der Waals surface area contributed by atoms with Crippen LogP contribution in [0, 0.1) is 6.92 Å². The highest BCUT2D eigenvalue weighted by Crippen LogP contribution is 2.23. The van der Waals surface area contributed by atoms with E-state index in [0.717, 1.165) is 0 Å². The molecule has 24 heavy (non-hydrogen) atoms. The molecule has 0 saturated carbocycles. The monoisotopic (exact) mass is 348 g/mol. The number of carboxylic acid groups (broad SMARTS) is 1. The standard InChI is InChI=1S/C16H16N2O5S/c1-10-3-6-14(17-11(2)19)9-15(10)24(22,23)18-13-7-4-12(5-8-13)16(20)21/h3-9,18H,1-2H3,(H,17,19)(H,20,21). The van der Waals surface area contributed by atoms with Crippen LogP contribution in [0.4, 0.5) is 11.4 Å². The largest absolute Gasteiger partial charge is 0.478 e. The summed E-state index contributed by atoms with van der Waals surface area (Å²) >= 11 is 0. The van der Waals surface area contributed by atoms with E-state index in [1.54, 1.807) is 19.1 Å². The van der Waals surface area contributed by atoms with E-state index in [2.05, 4.69) is 10.0 Å². The van der Waals surface area contributed by atoms with E-state index in [1.807, 2.05) is 0 Å². The molecule has 0 spiro atoms. The van der Waals surface area contributed by atoms with Crippen molar-refractivity contribution in [3.05, 3.63) is 53.6 Å². The normalized spacial score (nSPS) is 10.9. The minimum absolute atomic E-state index is 0.0241. The fourth-order valence-corrected chi connectivity index (χ4v) is 3.39. The summed E-state index contributed by atoms with van der Waals surface area (Å²) < 4.78 is 27.5. The lowest BCUT2D eigenvalue weighted by Crippen LogP contribution is -2.15. The van der Waals surface area contributed by atoms with Crippen molar-refractivity contribution in [2.45, 2.75) is 18.7 Å². The SMILES string of the molecule is CC(=O)Nc1ccc(C)c(S(=O)(=O)Nc2ccc(C(=O)O)cc2)c1. The number of aromatic carboxylic acids is 1. The number of anilines is 2. The molecule has 7 nitrogen and oxygen atoms in total. The smallest absolute Gasteiger partial charge is 0.335 e. The maximum absolute atomic E-state index is 12.5. The highest BCUT2D eigenvalue weighted by molar-refractivity contribution is 7.92. The molecule has 0 radical (unpaired) electrons. The van der Waals surface area contributed by atoms with Gasteiger partial charge in [0.1, 0.15) is 0 Å². The number of benzene rings is 2. The molecule has 0 bridgehead atoms. The van der Waals surface area contributed by atoms with Gasteiger partial charge in [-0.05, 0) is 48.9 Å². The summed E-state index contributed by atoms with van der Waals surface area (Å²) in [6.45, 7) is 2.97. The van der Waals surface area contributed by atoms with E-state index in [-0.39, 0.29) is 22.1 Å². The van der Waals surface area contributed by atoms with Crippen LogP contribution in [0.3, 0.4) is 0 Å². The zero-order chi connectivity index (χ0) is 17.9. The second-order valence-corrected chi connectivity index (χ2v) is 6.80. The lowest BCUT2D eigenvalue weighted by Gasteiger charge is -2.12. The molecule has 1 amide bonds. The van der Waals surface area contributed by atoms with Gasteiger partial charge in [-0.2, -0.15) is 0 Å². The number of amides is 1. The number of aryl methyl sites for hydroxylation is 1. The van der Waals surface area contributed by atoms with Gasteiger partial charge in [-0.25, -0.2) is 13.2 Å². The minimum Gasteiger partial charge on any atom is -0.478 e. The van der Waals surface area contributed by atoms with Crippen LogP contribution in [0.2, 0.25) is 0 Å². The van der Waals surface area contributed by atoms with Crippen LogP contribution in [0.1, 0.15) is 22.8 Å². The summed E-state index contributed by atoms with van der Waals surface area (Å²) in [5.41, 5.74) is 1.18. The predicted molar refractivity (Wildman–Crippen MR) is 89.7 cm³/mol. The fraction of sp³-hybridized carbons (Fsp3) is 0.125. The third-order valence-electron chi connectivity index (χ3n) is 3.18. The Hall–Kier alpha value is -2.87. The average molecular weight is 348 g/mol. The van der Waals surface area contributed by atoms with Gasteiger partial charge in [0, 0.05) is 18.3 Å². The van der Waals surface area contributed by atoms with Gasteiger partial charge in [-0.1, -0.05) is 6.07 Å². The number of hydrogen-bond acceptors (Lipinski definition) is 4. The average Bonchev–Trinajstić information content (AvgIpc) is 2.48. The van der Waals surface area contributed by atoms with Crippen LogP contribution in [0.15, 0.2) is 47.4 Å². The van der Waals surface area contributed by atoms with Gasteiger partial charge in [0.05, 0.1) is 10.5 Å². The molecule has 0 atom stereocenters. The fourth-order valence-electron chi connectivity index (χ4n) is 2.06. The summed E-state index contributed by atoms with van der Waals surface area (Å²) in [6.07, 6.45) is 0. The van der Waals surface area contributed by atoms with Crippen LogP contribution < -0.4 is 10.0 Å². The first kappa shape index (κ1) is 17.5. The Morgan fingerprint density at radius 3 is 2.12 bits per heavy atom. The van der Waals surface area contributed by atoms with Gasteiger partial charge in [0.2, 0.25) is 5.91 Å². The lowest BCUT2D eigenvalue weighted by molar-refractivity contribution is -0.114. The van der Waals surface area contributed by atoms with E-state index in [4.69, 9.17) is 5.11 Å². The van der Waals surface area contributed by atoms with Crippen molar-refractivity contribution in [1.29, 1.82) is 0 Å². The van der Waals surface area contributed by atoms with Gasteiger partial charge in [0.15, 0.2) is 0 Å². The summed E-state index contributed by atoms with van der Waals surface area (Å²) in [6, 6.07) is 9.92. The van der Waals surface area contributed by atoms with Crippen molar-refractivity contribution in [2.24, 2.45) is 0 Å². The Labute approximate surface area is 139 Å². The summed E-state index contributed by atoms with van der Waals surface area (Å²) in [5.74, 6) is -1.40. The number of sulfonamides is 1. The minimum atomic E-state index is -3.88. The van der Waals surface area contributed by atoms with Gasteiger partial charge >= 0.3 is 5.97 Å². The van der Waals surface area contributed by atoms with Crippen molar-refractivity contribution in [3.63, 3.8) is 0 Å². The van der Waals surface area contributed by atoms with Crippen LogP contribution in [0.5, 0.6) is 0 Å². The summed E-state index contributed by atoms with van der Waals surface area (Å²) in [7, 11) is -3.88. The molecule has 126 valence electrons. The molecular formula is C16H16N2O5S. The second-order valence-electron chi connectivity index (χ2n) is 5.15. The van der Waals surface area contributed by atoms with E-state index >= 15 is 0 Å². The third kappa shape index (κ3) is 4.11. The Bertz CT molecular complexity index is 889. The number of carbonyl (C=O) groups is 2. The highest BCUT2D eigenvalue weighted by Gasteiger charge is 2.18. The quantitative estimate of drug-likeness (QED) is 0.768. The van der Waals surface area contributed by atoms with Crippen LogP contribution in [-0.4, -0.2) is 25.4 Å². The highest BCUT2D eigenvalue weighted by atomic mass is 32.2. The molecule has 0 aromatic heterocycles. The third-order valence-corrected chi connectivity index (χ3v) is 4.71. The number of hydrogen-bond donors (Lipinski definition) is 3. The van der Waals surface area contributed by atoms with Crippen LogP contribution >= 0.6 is 0 Å². The number of carboxylic acids is 1. The van der Waals surface area contributed by atoms with Gasteiger partial charge < -0.3 is 10.4 Å². The molecule has 2 rings (SSSR count). The van der Waals surface area contributed by atoms with Crippen molar-refractivity contribution in [1.82, 2.24) is 0 Å². The summed E-state index contributed by atoms with van der Waals surface area (Å²) in [5, 5.41) is 11.4. The van der Waals surface area contributed by atoms with Crippen molar-refractivity contribution in [3.8, 4) is 0 Å². The maximum Gasteiger partial charge on any atom is 0.335 e. The first-order valence-corrected chi connectivity index (χ1v) is 8.42. The topological polar surface area (TPSA) is 113 Å².